The molecular weight excluding hydrogens is 270 g/mol. The van der Waals surface area contributed by atoms with Crippen LogP contribution in [0.2, 0.25) is 0 Å². The van der Waals surface area contributed by atoms with Gasteiger partial charge in [0.1, 0.15) is 11.8 Å². The quantitative estimate of drug-likeness (QED) is 0.805. The number of likely N-dealkylation sites (N-methyl/N-ethyl adjacent to an activating group) is 1. The van der Waals surface area contributed by atoms with Crippen molar-refractivity contribution in [3.8, 4) is 5.75 Å². The largest absolute Gasteiger partial charge is 0.496 e. The molecule has 21 heavy (non-hydrogen) atoms. The molecule has 2 N–H and O–H groups in total. The van der Waals surface area contributed by atoms with Crippen LogP contribution in [0.4, 0.5) is 0 Å². The molecule has 1 heterocycles. The van der Waals surface area contributed by atoms with E-state index < -0.39 is 6.04 Å². The number of rotatable bonds is 4. The number of methoxy groups -OCH3 is 1. The van der Waals surface area contributed by atoms with E-state index >= 15 is 0 Å². The van der Waals surface area contributed by atoms with Crippen molar-refractivity contribution < 1.29 is 14.3 Å². The molecule has 114 valence electrons. The highest BCUT2D eigenvalue weighted by atomic mass is 16.5. The van der Waals surface area contributed by atoms with Crippen LogP contribution in [0.3, 0.4) is 0 Å². The fourth-order valence-corrected chi connectivity index (χ4v) is 2.52. The summed E-state index contributed by atoms with van der Waals surface area (Å²) < 4.78 is 5.27. The van der Waals surface area contributed by atoms with Crippen molar-refractivity contribution in [1.29, 1.82) is 0 Å². The van der Waals surface area contributed by atoms with Gasteiger partial charge in [0, 0.05) is 32.2 Å². The summed E-state index contributed by atoms with van der Waals surface area (Å²) >= 11 is 0. The molecule has 0 aromatic heterocycles. The smallest absolute Gasteiger partial charge is 0.243 e. The second-order valence-corrected chi connectivity index (χ2v) is 4.91. The summed E-state index contributed by atoms with van der Waals surface area (Å²) in [5, 5.41) is 5.75. The van der Waals surface area contributed by atoms with E-state index in [2.05, 4.69) is 10.6 Å². The average molecular weight is 291 g/mol. The third kappa shape index (κ3) is 3.52. The van der Waals surface area contributed by atoms with Gasteiger partial charge in [-0.1, -0.05) is 18.2 Å². The fourth-order valence-electron chi connectivity index (χ4n) is 2.52. The van der Waals surface area contributed by atoms with Gasteiger partial charge in [0.05, 0.1) is 13.5 Å². The Labute approximate surface area is 124 Å². The molecular formula is C15H21N3O3. The number of benzene rings is 1. The summed E-state index contributed by atoms with van der Waals surface area (Å²) in [6.45, 7) is 1.72. The Balaban J connectivity index is 2.12. The lowest BCUT2D eigenvalue weighted by atomic mass is 10.1. The minimum absolute atomic E-state index is 0.0606. The van der Waals surface area contributed by atoms with Gasteiger partial charge < -0.3 is 20.3 Å². The molecule has 0 aliphatic carbocycles. The van der Waals surface area contributed by atoms with Crippen LogP contribution in [-0.4, -0.2) is 56.5 Å². The van der Waals surface area contributed by atoms with Crippen LogP contribution in [0, 0.1) is 0 Å². The summed E-state index contributed by atoms with van der Waals surface area (Å²) in [5.74, 6) is 0.489. The molecule has 1 atom stereocenters. The Morgan fingerprint density at radius 1 is 1.43 bits per heavy atom. The topological polar surface area (TPSA) is 70.7 Å². The van der Waals surface area contributed by atoms with Gasteiger partial charge in [-0.05, 0) is 6.07 Å². The van der Waals surface area contributed by atoms with E-state index in [-0.39, 0.29) is 18.2 Å². The lowest BCUT2D eigenvalue weighted by molar-refractivity contribution is -0.140. The van der Waals surface area contributed by atoms with E-state index in [0.717, 1.165) is 5.56 Å². The predicted molar refractivity (Wildman–Crippen MR) is 79.1 cm³/mol. The van der Waals surface area contributed by atoms with Crippen LogP contribution in [0.1, 0.15) is 5.56 Å². The molecule has 2 rings (SSSR count). The van der Waals surface area contributed by atoms with Crippen LogP contribution in [0.25, 0.3) is 0 Å². The molecule has 1 aromatic rings. The molecule has 1 aromatic carbocycles. The number of carbonyl (C=O) groups excluding carboxylic acids is 2. The molecule has 0 radical (unpaired) electrons. The molecule has 1 aliphatic heterocycles. The van der Waals surface area contributed by atoms with E-state index in [1.807, 2.05) is 24.3 Å². The highest BCUT2D eigenvalue weighted by molar-refractivity contribution is 5.89. The molecule has 1 fully saturated rings. The van der Waals surface area contributed by atoms with Crippen molar-refractivity contribution in [3.05, 3.63) is 29.8 Å². The number of nitrogens with zero attached hydrogens (tertiary/aromatic N) is 1. The van der Waals surface area contributed by atoms with Crippen LogP contribution in [0.15, 0.2) is 24.3 Å². The first-order valence-electron chi connectivity index (χ1n) is 7.01. The van der Waals surface area contributed by atoms with Crippen molar-refractivity contribution in [2.45, 2.75) is 12.5 Å². The van der Waals surface area contributed by atoms with Gasteiger partial charge in [-0.15, -0.1) is 0 Å². The minimum atomic E-state index is -0.453. The summed E-state index contributed by atoms with van der Waals surface area (Å²) in [6.07, 6.45) is 0.234. The van der Waals surface area contributed by atoms with Crippen LogP contribution in [0.5, 0.6) is 5.75 Å². The zero-order valence-electron chi connectivity index (χ0n) is 12.4. The molecule has 6 nitrogen and oxygen atoms in total. The third-order valence-corrected chi connectivity index (χ3v) is 3.65. The van der Waals surface area contributed by atoms with E-state index in [9.17, 15) is 9.59 Å². The first-order chi connectivity index (χ1) is 10.2. The lowest BCUT2D eigenvalue weighted by Gasteiger charge is -2.35. The summed E-state index contributed by atoms with van der Waals surface area (Å²) in [6, 6.07) is 6.99. The maximum Gasteiger partial charge on any atom is 0.243 e. The monoisotopic (exact) mass is 291 g/mol. The van der Waals surface area contributed by atoms with Gasteiger partial charge in [0.25, 0.3) is 0 Å². The van der Waals surface area contributed by atoms with Gasteiger partial charge in [-0.25, -0.2) is 0 Å². The van der Waals surface area contributed by atoms with Crippen molar-refractivity contribution >= 4 is 11.8 Å². The van der Waals surface area contributed by atoms with Crippen molar-refractivity contribution in [1.82, 2.24) is 15.5 Å². The maximum atomic E-state index is 12.5. The number of piperazine rings is 1. The zero-order chi connectivity index (χ0) is 15.2. The number of amides is 2. The predicted octanol–water partition coefficient (Wildman–Crippen LogP) is -0.216. The SMILES string of the molecule is CNC(=O)[C@@H]1CNCCN1C(=O)Cc1ccccc1OC. The Kier molecular flexibility index (Phi) is 5.16. The van der Waals surface area contributed by atoms with Crippen molar-refractivity contribution in [2.24, 2.45) is 0 Å². The lowest BCUT2D eigenvalue weighted by Crippen LogP contribution is -2.59. The Morgan fingerprint density at radius 3 is 2.90 bits per heavy atom. The number of para-hydroxylation sites is 1. The van der Waals surface area contributed by atoms with Gasteiger partial charge in [0.2, 0.25) is 11.8 Å². The van der Waals surface area contributed by atoms with Crippen LogP contribution >= 0.6 is 0 Å². The molecule has 2 amide bonds. The highest BCUT2D eigenvalue weighted by Gasteiger charge is 2.31. The summed E-state index contributed by atoms with van der Waals surface area (Å²) in [7, 11) is 3.17. The van der Waals surface area contributed by atoms with E-state index in [0.29, 0.717) is 25.4 Å². The molecule has 6 heteroatoms. The second-order valence-electron chi connectivity index (χ2n) is 4.91. The Morgan fingerprint density at radius 2 is 2.19 bits per heavy atom. The number of ether oxygens (including phenoxy) is 1. The number of nitrogens with one attached hydrogen (secondary N) is 2. The fraction of sp³-hybridized carbons (Fsp3) is 0.467. The summed E-state index contributed by atoms with van der Waals surface area (Å²) in [4.78, 5) is 26.1. The van der Waals surface area contributed by atoms with Crippen molar-refractivity contribution in [3.63, 3.8) is 0 Å². The average Bonchev–Trinajstić information content (AvgIpc) is 2.54. The molecule has 1 saturated heterocycles. The first-order valence-corrected chi connectivity index (χ1v) is 7.01. The van der Waals surface area contributed by atoms with Crippen molar-refractivity contribution in [2.75, 3.05) is 33.8 Å². The summed E-state index contributed by atoms with van der Waals surface area (Å²) in [5.41, 5.74) is 0.833. The van der Waals surface area contributed by atoms with Crippen LogP contribution in [-0.2, 0) is 16.0 Å². The normalized spacial score (nSPS) is 18.2. The van der Waals surface area contributed by atoms with E-state index in [1.165, 1.54) is 0 Å². The molecule has 0 bridgehead atoms. The Hall–Kier alpha value is -2.08. The third-order valence-electron chi connectivity index (χ3n) is 3.65. The van der Waals surface area contributed by atoms with Gasteiger partial charge >= 0.3 is 0 Å². The van der Waals surface area contributed by atoms with Gasteiger partial charge in [-0.2, -0.15) is 0 Å². The van der Waals surface area contributed by atoms with Gasteiger partial charge in [0.15, 0.2) is 0 Å². The number of carbonyl (C=O) groups is 2. The van der Waals surface area contributed by atoms with E-state index in [1.54, 1.807) is 19.1 Å². The zero-order valence-corrected chi connectivity index (χ0v) is 12.4. The molecule has 0 saturated carbocycles. The van der Waals surface area contributed by atoms with Gasteiger partial charge in [-0.3, -0.25) is 9.59 Å². The Bertz CT molecular complexity index is 519. The van der Waals surface area contributed by atoms with Crippen LogP contribution < -0.4 is 15.4 Å². The minimum Gasteiger partial charge on any atom is -0.496 e. The number of hydrogen-bond acceptors (Lipinski definition) is 4. The first kappa shape index (κ1) is 15.3. The highest BCUT2D eigenvalue weighted by Crippen LogP contribution is 2.19. The van der Waals surface area contributed by atoms with E-state index in [4.69, 9.17) is 4.74 Å². The maximum absolute atomic E-state index is 12.5. The number of hydrogen-bond donors (Lipinski definition) is 2. The second kappa shape index (κ2) is 7.08. The molecule has 1 aliphatic rings. The molecule has 0 unspecified atom stereocenters. The molecule has 0 spiro atoms. The standard InChI is InChI=1S/C15H21N3O3/c1-16-15(20)12-10-17-7-8-18(12)14(19)9-11-5-3-4-6-13(11)21-2/h3-6,12,17H,7-10H2,1-2H3,(H,16,20)/t12-/m0/s1.